The van der Waals surface area contributed by atoms with Crippen molar-refractivity contribution in [1.82, 2.24) is 5.32 Å². The Kier molecular flexibility index (Phi) is 7.18. The Labute approximate surface area is 109 Å². The molecule has 0 amide bonds. The van der Waals surface area contributed by atoms with Crippen LogP contribution in [0.4, 0.5) is 0 Å². The maximum absolute atomic E-state index is 3.51. The summed E-state index contributed by atoms with van der Waals surface area (Å²) in [5.74, 6) is 0.977. The first-order chi connectivity index (χ1) is 8.23. The van der Waals surface area contributed by atoms with Crippen LogP contribution in [0.1, 0.15) is 78.6 Å². The first kappa shape index (κ1) is 15.0. The molecule has 1 heterocycles. The second-order valence-electron chi connectivity index (χ2n) is 6.24. The second kappa shape index (κ2) is 8.13. The van der Waals surface area contributed by atoms with Crippen molar-refractivity contribution < 1.29 is 0 Å². The molecular formula is C16H33N. The van der Waals surface area contributed by atoms with Gasteiger partial charge in [-0.05, 0) is 50.1 Å². The number of unbranched alkanes of at least 4 members (excludes halogenated alkanes) is 3. The van der Waals surface area contributed by atoms with E-state index in [-0.39, 0.29) is 0 Å². The quantitative estimate of drug-likeness (QED) is 0.602. The Morgan fingerprint density at radius 3 is 2.24 bits per heavy atom. The van der Waals surface area contributed by atoms with Gasteiger partial charge in [-0.25, -0.2) is 0 Å². The molecule has 0 spiro atoms. The van der Waals surface area contributed by atoms with E-state index in [1.165, 1.54) is 70.9 Å². The van der Waals surface area contributed by atoms with Gasteiger partial charge in [-0.1, -0.05) is 52.9 Å². The van der Waals surface area contributed by atoms with E-state index in [0.717, 1.165) is 5.92 Å². The topological polar surface area (TPSA) is 12.0 Å². The Morgan fingerprint density at radius 2 is 1.65 bits per heavy atom. The van der Waals surface area contributed by atoms with Crippen LogP contribution in [0.2, 0.25) is 0 Å². The summed E-state index contributed by atoms with van der Waals surface area (Å²) in [5, 5.41) is 3.51. The third-order valence-corrected chi connectivity index (χ3v) is 4.75. The lowest BCUT2D eigenvalue weighted by atomic mass is 9.67. The molecule has 1 unspecified atom stereocenters. The highest BCUT2D eigenvalue weighted by Crippen LogP contribution is 2.42. The number of hydrogen-bond donors (Lipinski definition) is 1. The zero-order valence-corrected chi connectivity index (χ0v) is 12.4. The molecule has 1 aliphatic heterocycles. The molecule has 1 atom stereocenters. The number of piperidine rings is 1. The van der Waals surface area contributed by atoms with Gasteiger partial charge in [-0.2, -0.15) is 0 Å². The molecule has 17 heavy (non-hydrogen) atoms. The van der Waals surface area contributed by atoms with Crippen LogP contribution in [0, 0.1) is 11.3 Å². The molecule has 0 saturated carbocycles. The van der Waals surface area contributed by atoms with E-state index < -0.39 is 0 Å². The van der Waals surface area contributed by atoms with Crippen LogP contribution in [0.15, 0.2) is 0 Å². The summed E-state index contributed by atoms with van der Waals surface area (Å²) in [6, 6.07) is 0. The zero-order chi connectivity index (χ0) is 12.6. The van der Waals surface area contributed by atoms with Crippen LogP contribution < -0.4 is 5.32 Å². The maximum Gasteiger partial charge on any atom is -0.00461 e. The van der Waals surface area contributed by atoms with Crippen molar-refractivity contribution in [3.8, 4) is 0 Å². The molecule has 1 aliphatic rings. The molecule has 1 rings (SSSR count). The average Bonchev–Trinajstić information content (AvgIpc) is 2.36. The minimum Gasteiger partial charge on any atom is -0.317 e. The van der Waals surface area contributed by atoms with Crippen LogP contribution in [-0.4, -0.2) is 13.1 Å². The third-order valence-electron chi connectivity index (χ3n) is 4.75. The van der Waals surface area contributed by atoms with E-state index in [1.54, 1.807) is 0 Å². The molecule has 0 aromatic heterocycles. The molecule has 1 N–H and O–H groups in total. The van der Waals surface area contributed by atoms with Gasteiger partial charge in [0.25, 0.3) is 0 Å². The summed E-state index contributed by atoms with van der Waals surface area (Å²) in [4.78, 5) is 0. The molecule has 1 nitrogen and oxygen atoms in total. The second-order valence-corrected chi connectivity index (χ2v) is 6.24. The van der Waals surface area contributed by atoms with Gasteiger partial charge >= 0.3 is 0 Å². The van der Waals surface area contributed by atoms with Crippen LogP contribution in [0.5, 0.6) is 0 Å². The highest BCUT2D eigenvalue weighted by Gasteiger charge is 2.33. The monoisotopic (exact) mass is 239 g/mol. The first-order valence-corrected chi connectivity index (χ1v) is 7.93. The van der Waals surface area contributed by atoms with Crippen molar-refractivity contribution >= 4 is 0 Å². The van der Waals surface area contributed by atoms with Gasteiger partial charge in [0, 0.05) is 0 Å². The minimum atomic E-state index is 0.630. The zero-order valence-electron chi connectivity index (χ0n) is 12.4. The van der Waals surface area contributed by atoms with Crippen LogP contribution in [0.25, 0.3) is 0 Å². The van der Waals surface area contributed by atoms with Crippen molar-refractivity contribution in [3.05, 3.63) is 0 Å². The standard InChI is InChI=1S/C16H33N/c1-4-6-7-8-12-16(3,11-5-2)15-9-13-17-14-10-15/h15,17H,4-14H2,1-3H3. The third kappa shape index (κ3) is 4.99. The fourth-order valence-electron chi connectivity index (χ4n) is 3.58. The highest BCUT2D eigenvalue weighted by atomic mass is 14.9. The Balaban J connectivity index is 2.41. The van der Waals surface area contributed by atoms with E-state index in [0.29, 0.717) is 5.41 Å². The summed E-state index contributed by atoms with van der Waals surface area (Å²) in [6.07, 6.45) is 12.7. The molecule has 0 aromatic carbocycles. The smallest absolute Gasteiger partial charge is 0.00461 e. The largest absolute Gasteiger partial charge is 0.317 e. The molecule has 0 aliphatic carbocycles. The number of rotatable bonds is 8. The van der Waals surface area contributed by atoms with Crippen molar-refractivity contribution in [3.63, 3.8) is 0 Å². The molecule has 0 radical (unpaired) electrons. The van der Waals surface area contributed by atoms with Gasteiger partial charge in [-0.15, -0.1) is 0 Å². The lowest BCUT2D eigenvalue weighted by Gasteiger charge is -2.40. The van der Waals surface area contributed by atoms with Gasteiger partial charge in [0.05, 0.1) is 0 Å². The average molecular weight is 239 g/mol. The van der Waals surface area contributed by atoms with Crippen LogP contribution in [-0.2, 0) is 0 Å². The maximum atomic E-state index is 3.51. The Bertz CT molecular complexity index is 184. The first-order valence-electron chi connectivity index (χ1n) is 7.93. The van der Waals surface area contributed by atoms with E-state index in [2.05, 4.69) is 26.1 Å². The van der Waals surface area contributed by atoms with Crippen molar-refractivity contribution in [1.29, 1.82) is 0 Å². The molecule has 1 heteroatoms. The molecular weight excluding hydrogens is 206 g/mol. The molecule has 0 bridgehead atoms. The van der Waals surface area contributed by atoms with Gasteiger partial charge in [-0.3, -0.25) is 0 Å². The van der Waals surface area contributed by atoms with E-state index in [9.17, 15) is 0 Å². The predicted octanol–water partition coefficient (Wildman–Crippen LogP) is 4.76. The lowest BCUT2D eigenvalue weighted by Crippen LogP contribution is -2.37. The SMILES string of the molecule is CCCCCCC(C)(CCC)C1CCNCC1. The highest BCUT2D eigenvalue weighted by molar-refractivity contribution is 4.85. The van der Waals surface area contributed by atoms with Gasteiger partial charge < -0.3 is 5.32 Å². The lowest BCUT2D eigenvalue weighted by molar-refractivity contribution is 0.114. The fourth-order valence-corrected chi connectivity index (χ4v) is 3.58. The van der Waals surface area contributed by atoms with Crippen molar-refractivity contribution in [2.24, 2.45) is 11.3 Å². The summed E-state index contributed by atoms with van der Waals surface area (Å²) >= 11 is 0. The summed E-state index contributed by atoms with van der Waals surface area (Å²) < 4.78 is 0. The number of hydrogen-bond acceptors (Lipinski definition) is 1. The Hall–Kier alpha value is -0.0400. The number of nitrogens with one attached hydrogen (secondary N) is 1. The van der Waals surface area contributed by atoms with E-state index in [1.807, 2.05) is 0 Å². The van der Waals surface area contributed by atoms with Crippen LogP contribution >= 0.6 is 0 Å². The van der Waals surface area contributed by atoms with E-state index >= 15 is 0 Å². The summed E-state index contributed by atoms with van der Waals surface area (Å²) in [7, 11) is 0. The molecule has 1 saturated heterocycles. The van der Waals surface area contributed by atoms with Gasteiger partial charge in [0.15, 0.2) is 0 Å². The minimum absolute atomic E-state index is 0.630. The normalized spacial score (nSPS) is 21.4. The molecule has 1 fully saturated rings. The predicted molar refractivity (Wildman–Crippen MR) is 77.4 cm³/mol. The van der Waals surface area contributed by atoms with Crippen molar-refractivity contribution in [2.45, 2.75) is 78.6 Å². The van der Waals surface area contributed by atoms with E-state index in [4.69, 9.17) is 0 Å². The van der Waals surface area contributed by atoms with Gasteiger partial charge in [0.1, 0.15) is 0 Å². The summed E-state index contributed by atoms with van der Waals surface area (Å²) in [6.45, 7) is 9.72. The fraction of sp³-hybridized carbons (Fsp3) is 1.00. The van der Waals surface area contributed by atoms with Gasteiger partial charge in [0.2, 0.25) is 0 Å². The Morgan fingerprint density at radius 1 is 0.941 bits per heavy atom. The van der Waals surface area contributed by atoms with Crippen LogP contribution in [0.3, 0.4) is 0 Å². The molecule has 0 aromatic rings. The summed E-state index contributed by atoms with van der Waals surface area (Å²) in [5.41, 5.74) is 0.630. The van der Waals surface area contributed by atoms with Crippen molar-refractivity contribution in [2.75, 3.05) is 13.1 Å². The molecule has 102 valence electrons.